The average molecular weight is 158 g/mol. The third-order valence-corrected chi connectivity index (χ3v) is 2.63. The Morgan fingerprint density at radius 1 is 1.08 bits per heavy atom. The summed E-state index contributed by atoms with van der Waals surface area (Å²) in [6.07, 6.45) is 6.92. The van der Waals surface area contributed by atoms with Gasteiger partial charge in [0.2, 0.25) is 0 Å². The second kappa shape index (κ2) is 2.78. The zero-order valence-corrected chi connectivity index (χ0v) is 7.72. The summed E-state index contributed by atoms with van der Waals surface area (Å²) in [5.41, 5.74) is 5.76. The molecule has 0 fully saturated rings. The molecular weight excluding hydrogens is 144 g/mol. The minimum absolute atomic E-state index is 1.20. The molecule has 0 unspecified atom stereocenters. The highest BCUT2D eigenvalue weighted by atomic mass is 14.1. The van der Waals surface area contributed by atoms with Gasteiger partial charge in [-0.1, -0.05) is 24.3 Å². The van der Waals surface area contributed by atoms with E-state index >= 15 is 0 Å². The van der Waals surface area contributed by atoms with E-state index in [4.69, 9.17) is 0 Å². The van der Waals surface area contributed by atoms with Crippen molar-refractivity contribution in [3.8, 4) is 0 Å². The number of benzene rings is 1. The Bertz CT molecular complexity index is 332. The zero-order chi connectivity index (χ0) is 8.55. The maximum atomic E-state index is 2.33. The Balaban J connectivity index is 2.58. The van der Waals surface area contributed by atoms with Crippen LogP contribution in [-0.2, 0) is 6.42 Å². The third kappa shape index (κ3) is 1.18. The number of allylic oxidation sites excluding steroid dienone is 1. The molecule has 0 radical (unpaired) electrons. The van der Waals surface area contributed by atoms with Gasteiger partial charge in [-0.15, -0.1) is 0 Å². The summed E-state index contributed by atoms with van der Waals surface area (Å²) < 4.78 is 0. The Kier molecular flexibility index (Phi) is 1.76. The molecule has 0 bridgehead atoms. The molecule has 0 spiro atoms. The molecule has 0 aliphatic heterocycles. The minimum Gasteiger partial charge on any atom is -0.0836 e. The van der Waals surface area contributed by atoms with Crippen LogP contribution in [0.4, 0.5) is 0 Å². The molecule has 0 heteroatoms. The minimum atomic E-state index is 1.20. The lowest BCUT2D eigenvalue weighted by molar-refractivity contribution is 0.979. The second-order valence-corrected chi connectivity index (χ2v) is 3.58. The molecular formula is C12H14. The molecule has 12 heavy (non-hydrogen) atoms. The van der Waals surface area contributed by atoms with Crippen molar-refractivity contribution in [2.24, 2.45) is 0 Å². The topological polar surface area (TPSA) is 0 Å². The molecule has 0 atom stereocenters. The van der Waals surface area contributed by atoms with Crippen molar-refractivity contribution in [2.45, 2.75) is 26.7 Å². The van der Waals surface area contributed by atoms with E-state index in [1.807, 2.05) is 0 Å². The maximum Gasteiger partial charge on any atom is -0.0225 e. The average Bonchev–Trinajstić information content (AvgIpc) is 2.07. The summed E-state index contributed by atoms with van der Waals surface area (Å²) in [5.74, 6) is 0. The van der Waals surface area contributed by atoms with Gasteiger partial charge in [-0.2, -0.15) is 0 Å². The van der Waals surface area contributed by atoms with Crippen LogP contribution in [0.3, 0.4) is 0 Å². The van der Waals surface area contributed by atoms with Gasteiger partial charge in [-0.25, -0.2) is 0 Å². The molecule has 2 rings (SSSR count). The lowest BCUT2D eigenvalue weighted by atomic mass is 9.93. The van der Waals surface area contributed by atoms with Gasteiger partial charge in [0.25, 0.3) is 0 Å². The van der Waals surface area contributed by atoms with Gasteiger partial charge in [-0.05, 0) is 48.9 Å². The fourth-order valence-electron chi connectivity index (χ4n) is 1.72. The van der Waals surface area contributed by atoms with Crippen LogP contribution in [0.5, 0.6) is 0 Å². The van der Waals surface area contributed by atoms with Gasteiger partial charge >= 0.3 is 0 Å². The van der Waals surface area contributed by atoms with Gasteiger partial charge in [-0.3, -0.25) is 0 Å². The van der Waals surface area contributed by atoms with Crippen molar-refractivity contribution in [3.05, 3.63) is 40.5 Å². The molecule has 0 saturated carbocycles. The number of hydrogen-bond acceptors (Lipinski definition) is 0. The van der Waals surface area contributed by atoms with Crippen molar-refractivity contribution in [1.29, 1.82) is 0 Å². The van der Waals surface area contributed by atoms with E-state index < -0.39 is 0 Å². The molecule has 0 amide bonds. The fraction of sp³-hybridized carbons (Fsp3) is 0.333. The SMILES string of the molecule is Cc1cc2c(cc1C)CCC=C2. The van der Waals surface area contributed by atoms with Crippen LogP contribution in [-0.4, -0.2) is 0 Å². The first-order valence-corrected chi connectivity index (χ1v) is 4.54. The maximum absolute atomic E-state index is 2.33. The first kappa shape index (κ1) is 7.60. The predicted molar refractivity (Wildman–Crippen MR) is 53.3 cm³/mol. The molecule has 1 aliphatic rings. The van der Waals surface area contributed by atoms with Crippen LogP contribution in [0.25, 0.3) is 6.08 Å². The highest BCUT2D eigenvalue weighted by Crippen LogP contribution is 2.22. The highest BCUT2D eigenvalue weighted by molar-refractivity contribution is 5.58. The molecule has 62 valence electrons. The smallest absolute Gasteiger partial charge is 0.0225 e. The molecule has 1 aliphatic carbocycles. The molecule has 0 aromatic heterocycles. The van der Waals surface area contributed by atoms with Gasteiger partial charge in [0.05, 0.1) is 0 Å². The van der Waals surface area contributed by atoms with Crippen LogP contribution >= 0.6 is 0 Å². The lowest BCUT2D eigenvalue weighted by Gasteiger charge is -2.12. The lowest BCUT2D eigenvalue weighted by Crippen LogP contribution is -1.96. The molecule has 0 saturated heterocycles. The largest absolute Gasteiger partial charge is 0.0836 e. The van der Waals surface area contributed by atoms with Crippen LogP contribution in [0.15, 0.2) is 18.2 Å². The van der Waals surface area contributed by atoms with E-state index in [0.29, 0.717) is 0 Å². The second-order valence-electron chi connectivity index (χ2n) is 3.58. The zero-order valence-electron chi connectivity index (χ0n) is 7.72. The molecule has 1 aromatic carbocycles. The Morgan fingerprint density at radius 2 is 1.83 bits per heavy atom. The normalized spacial score (nSPS) is 14.5. The summed E-state index contributed by atoms with van der Waals surface area (Å²) in [6, 6.07) is 4.62. The molecule has 0 N–H and O–H groups in total. The van der Waals surface area contributed by atoms with Gasteiger partial charge in [0.1, 0.15) is 0 Å². The number of rotatable bonds is 0. The van der Waals surface area contributed by atoms with E-state index in [0.717, 1.165) is 0 Å². The van der Waals surface area contributed by atoms with Crippen molar-refractivity contribution in [3.63, 3.8) is 0 Å². The number of fused-ring (bicyclic) bond motifs is 1. The number of aryl methyl sites for hydroxylation is 3. The molecule has 0 nitrogen and oxygen atoms in total. The van der Waals surface area contributed by atoms with Crippen LogP contribution in [0.2, 0.25) is 0 Å². The van der Waals surface area contributed by atoms with E-state index in [9.17, 15) is 0 Å². The standard InChI is InChI=1S/C12H14/c1-9-7-11-5-3-4-6-12(11)8-10(9)2/h3,5,7-8H,4,6H2,1-2H3. The third-order valence-electron chi connectivity index (χ3n) is 2.63. The summed E-state index contributed by atoms with van der Waals surface area (Å²) in [4.78, 5) is 0. The van der Waals surface area contributed by atoms with Gasteiger partial charge in [0, 0.05) is 0 Å². The van der Waals surface area contributed by atoms with Crippen LogP contribution in [0, 0.1) is 13.8 Å². The van der Waals surface area contributed by atoms with Crippen molar-refractivity contribution < 1.29 is 0 Å². The van der Waals surface area contributed by atoms with Gasteiger partial charge < -0.3 is 0 Å². The van der Waals surface area contributed by atoms with Gasteiger partial charge in [0.15, 0.2) is 0 Å². The van der Waals surface area contributed by atoms with Crippen LogP contribution < -0.4 is 0 Å². The van der Waals surface area contributed by atoms with Crippen LogP contribution in [0.1, 0.15) is 28.7 Å². The van der Waals surface area contributed by atoms with E-state index in [-0.39, 0.29) is 0 Å². The fourth-order valence-corrected chi connectivity index (χ4v) is 1.72. The summed E-state index contributed by atoms with van der Waals surface area (Å²) >= 11 is 0. The Labute approximate surface area is 73.9 Å². The first-order chi connectivity index (χ1) is 5.77. The monoisotopic (exact) mass is 158 g/mol. The van der Waals surface area contributed by atoms with Crippen molar-refractivity contribution in [2.75, 3.05) is 0 Å². The molecule has 1 aromatic rings. The predicted octanol–water partition coefficient (Wildman–Crippen LogP) is 3.26. The quantitative estimate of drug-likeness (QED) is 0.543. The van der Waals surface area contributed by atoms with Crippen molar-refractivity contribution in [1.82, 2.24) is 0 Å². The van der Waals surface area contributed by atoms with E-state index in [1.54, 1.807) is 0 Å². The summed E-state index contributed by atoms with van der Waals surface area (Å²) in [6.45, 7) is 4.37. The Hall–Kier alpha value is -1.04. The van der Waals surface area contributed by atoms with E-state index in [1.165, 1.54) is 35.1 Å². The highest BCUT2D eigenvalue weighted by Gasteiger charge is 2.05. The summed E-state index contributed by atoms with van der Waals surface area (Å²) in [7, 11) is 0. The molecule has 0 heterocycles. The number of hydrogen-bond donors (Lipinski definition) is 0. The first-order valence-electron chi connectivity index (χ1n) is 4.54. The Morgan fingerprint density at radius 3 is 2.67 bits per heavy atom. The summed E-state index contributed by atoms with van der Waals surface area (Å²) in [5, 5.41) is 0. The van der Waals surface area contributed by atoms with E-state index in [2.05, 4.69) is 38.1 Å². The van der Waals surface area contributed by atoms with Crippen molar-refractivity contribution >= 4 is 6.08 Å².